The Kier molecular flexibility index (Phi) is 2.94. The highest BCUT2D eigenvalue weighted by atomic mass is 35.5. The van der Waals surface area contributed by atoms with Gasteiger partial charge in [-0.15, -0.1) is 11.8 Å². The molecule has 2 nitrogen and oxygen atoms in total. The number of rotatable bonds is 1. The molecule has 0 fully saturated rings. The van der Waals surface area contributed by atoms with Gasteiger partial charge < -0.3 is 5.32 Å². The summed E-state index contributed by atoms with van der Waals surface area (Å²) in [6.07, 6.45) is 0. The highest BCUT2D eigenvalue weighted by Crippen LogP contribution is 2.41. The number of halogens is 1. The fourth-order valence-corrected chi connectivity index (χ4v) is 2.97. The van der Waals surface area contributed by atoms with Gasteiger partial charge in [0.15, 0.2) is 0 Å². The lowest BCUT2D eigenvalue weighted by atomic mass is 10.1. The second-order valence-electron chi connectivity index (χ2n) is 3.88. The number of hydrogen-bond acceptors (Lipinski definition) is 2. The van der Waals surface area contributed by atoms with E-state index < -0.39 is 0 Å². The van der Waals surface area contributed by atoms with Crippen LogP contribution in [0.25, 0.3) is 0 Å². The minimum Gasteiger partial charge on any atom is -0.323 e. The van der Waals surface area contributed by atoms with Gasteiger partial charge in [-0.3, -0.25) is 4.79 Å². The summed E-state index contributed by atoms with van der Waals surface area (Å²) < 4.78 is 0. The van der Waals surface area contributed by atoms with Crippen LogP contribution in [-0.2, 0) is 4.79 Å². The molecular weight excluding hydrogens is 230 g/mol. The van der Waals surface area contributed by atoms with Crippen LogP contribution in [0.4, 0.5) is 5.69 Å². The third-order valence-electron chi connectivity index (χ3n) is 2.34. The average molecular weight is 242 g/mol. The summed E-state index contributed by atoms with van der Waals surface area (Å²) in [4.78, 5) is 12.8. The summed E-state index contributed by atoms with van der Waals surface area (Å²) in [5.74, 6) is 0.373. The molecule has 1 aliphatic heterocycles. The summed E-state index contributed by atoms with van der Waals surface area (Å²) >= 11 is 7.60. The second kappa shape index (κ2) is 4.06. The average Bonchev–Trinajstić information content (AvgIpc) is 2.18. The molecular formula is C11H12ClNOS. The number of benzene rings is 1. The Labute approximate surface area is 98.4 Å². The Bertz CT molecular complexity index is 406. The molecule has 2 rings (SSSR count). The SMILES string of the molecule is CC(C)C1Sc2cccc(Cl)c2NC1=O. The maximum absolute atomic E-state index is 11.8. The summed E-state index contributed by atoms with van der Waals surface area (Å²) in [5, 5.41) is 3.46. The number of carbonyl (C=O) groups excluding carboxylic acids is 1. The highest BCUT2D eigenvalue weighted by Gasteiger charge is 2.30. The number of amides is 1. The molecule has 0 aromatic heterocycles. The Morgan fingerprint density at radius 3 is 2.87 bits per heavy atom. The minimum atomic E-state index is -0.0176. The standard InChI is InChI=1S/C11H12ClNOS/c1-6(2)10-11(14)13-9-7(12)4-3-5-8(9)15-10/h3-6,10H,1-2H3,(H,13,14). The molecule has 1 heterocycles. The molecule has 0 aliphatic carbocycles. The van der Waals surface area contributed by atoms with E-state index >= 15 is 0 Å². The molecule has 0 radical (unpaired) electrons. The van der Waals surface area contributed by atoms with Crippen molar-refractivity contribution in [1.29, 1.82) is 0 Å². The van der Waals surface area contributed by atoms with Crippen LogP contribution >= 0.6 is 23.4 Å². The van der Waals surface area contributed by atoms with Gasteiger partial charge in [-0.1, -0.05) is 31.5 Å². The summed E-state index contributed by atoms with van der Waals surface area (Å²) in [7, 11) is 0. The van der Waals surface area contributed by atoms with Crippen molar-refractivity contribution < 1.29 is 4.79 Å². The molecule has 1 N–H and O–H groups in total. The molecule has 1 unspecified atom stereocenters. The summed E-state index contributed by atoms with van der Waals surface area (Å²) in [6.45, 7) is 4.10. The first kappa shape index (κ1) is 10.8. The smallest absolute Gasteiger partial charge is 0.238 e. The minimum absolute atomic E-state index is 0.0176. The van der Waals surface area contributed by atoms with Crippen LogP contribution in [0.2, 0.25) is 5.02 Å². The first-order chi connectivity index (χ1) is 7.09. The summed E-state index contributed by atoms with van der Waals surface area (Å²) in [6, 6.07) is 5.68. The molecule has 4 heteroatoms. The van der Waals surface area contributed by atoms with Gasteiger partial charge in [-0.05, 0) is 18.1 Å². The largest absolute Gasteiger partial charge is 0.323 e. The molecule has 1 aromatic carbocycles. The van der Waals surface area contributed by atoms with Crippen molar-refractivity contribution >= 4 is 35.0 Å². The predicted octanol–water partition coefficient (Wildman–Crippen LogP) is 3.41. The van der Waals surface area contributed by atoms with Crippen molar-refractivity contribution in [2.45, 2.75) is 24.0 Å². The molecule has 0 saturated carbocycles. The Balaban J connectivity index is 2.38. The maximum atomic E-state index is 11.8. The van der Waals surface area contributed by atoms with Crippen LogP contribution in [0, 0.1) is 5.92 Å². The molecule has 0 spiro atoms. The van der Waals surface area contributed by atoms with Crippen molar-refractivity contribution in [3.05, 3.63) is 23.2 Å². The van der Waals surface area contributed by atoms with Crippen LogP contribution in [0.3, 0.4) is 0 Å². The van der Waals surface area contributed by atoms with Crippen molar-refractivity contribution in [2.24, 2.45) is 5.92 Å². The van der Waals surface area contributed by atoms with Gasteiger partial charge in [-0.2, -0.15) is 0 Å². The number of carbonyl (C=O) groups is 1. The van der Waals surface area contributed by atoms with Crippen molar-refractivity contribution in [2.75, 3.05) is 5.32 Å². The van der Waals surface area contributed by atoms with E-state index in [-0.39, 0.29) is 11.2 Å². The molecule has 1 amide bonds. The topological polar surface area (TPSA) is 29.1 Å². The van der Waals surface area contributed by atoms with E-state index in [0.717, 1.165) is 10.6 Å². The lowest BCUT2D eigenvalue weighted by molar-refractivity contribution is -0.116. The van der Waals surface area contributed by atoms with Crippen LogP contribution in [0.5, 0.6) is 0 Å². The Morgan fingerprint density at radius 1 is 1.47 bits per heavy atom. The van der Waals surface area contributed by atoms with E-state index in [9.17, 15) is 4.79 Å². The summed E-state index contributed by atoms with van der Waals surface area (Å²) in [5.41, 5.74) is 0.756. The zero-order valence-corrected chi connectivity index (χ0v) is 10.2. The number of nitrogens with one attached hydrogen (secondary N) is 1. The molecule has 0 bridgehead atoms. The van der Waals surface area contributed by atoms with Crippen LogP contribution < -0.4 is 5.32 Å². The van der Waals surface area contributed by atoms with Gasteiger partial charge in [0, 0.05) is 4.90 Å². The molecule has 80 valence electrons. The van der Waals surface area contributed by atoms with Crippen molar-refractivity contribution in [3.63, 3.8) is 0 Å². The van der Waals surface area contributed by atoms with Gasteiger partial charge in [0.1, 0.15) is 0 Å². The van der Waals surface area contributed by atoms with E-state index in [2.05, 4.69) is 5.32 Å². The van der Waals surface area contributed by atoms with Crippen LogP contribution in [0.1, 0.15) is 13.8 Å². The van der Waals surface area contributed by atoms with E-state index in [1.54, 1.807) is 17.8 Å². The van der Waals surface area contributed by atoms with Crippen LogP contribution in [-0.4, -0.2) is 11.2 Å². The molecule has 1 aromatic rings. The number of para-hydroxylation sites is 1. The predicted molar refractivity (Wildman–Crippen MR) is 64.6 cm³/mol. The first-order valence-electron chi connectivity index (χ1n) is 4.85. The highest BCUT2D eigenvalue weighted by molar-refractivity contribution is 8.01. The van der Waals surface area contributed by atoms with E-state index in [4.69, 9.17) is 11.6 Å². The number of thioether (sulfide) groups is 1. The van der Waals surface area contributed by atoms with Gasteiger partial charge in [0.25, 0.3) is 0 Å². The van der Waals surface area contributed by atoms with E-state index in [0.29, 0.717) is 10.9 Å². The van der Waals surface area contributed by atoms with Crippen molar-refractivity contribution in [1.82, 2.24) is 0 Å². The normalized spacial score (nSPS) is 20.0. The quantitative estimate of drug-likeness (QED) is 0.817. The van der Waals surface area contributed by atoms with Gasteiger partial charge in [0.2, 0.25) is 5.91 Å². The van der Waals surface area contributed by atoms with Crippen molar-refractivity contribution in [3.8, 4) is 0 Å². The fourth-order valence-electron chi connectivity index (χ4n) is 1.55. The van der Waals surface area contributed by atoms with E-state index in [1.807, 2.05) is 26.0 Å². The zero-order valence-electron chi connectivity index (χ0n) is 8.58. The number of hydrogen-bond donors (Lipinski definition) is 1. The lowest BCUT2D eigenvalue weighted by Gasteiger charge is -2.26. The number of fused-ring (bicyclic) bond motifs is 1. The Hall–Kier alpha value is -0.670. The third-order valence-corrected chi connectivity index (χ3v) is 4.26. The monoisotopic (exact) mass is 241 g/mol. The molecule has 15 heavy (non-hydrogen) atoms. The zero-order chi connectivity index (χ0) is 11.0. The van der Waals surface area contributed by atoms with Crippen LogP contribution in [0.15, 0.2) is 23.1 Å². The molecule has 1 aliphatic rings. The first-order valence-corrected chi connectivity index (χ1v) is 6.11. The Morgan fingerprint density at radius 2 is 2.20 bits per heavy atom. The van der Waals surface area contributed by atoms with Gasteiger partial charge in [0.05, 0.1) is 16.0 Å². The molecule has 0 saturated heterocycles. The lowest BCUT2D eigenvalue weighted by Crippen LogP contribution is -2.32. The maximum Gasteiger partial charge on any atom is 0.238 e. The number of anilines is 1. The van der Waals surface area contributed by atoms with Gasteiger partial charge >= 0.3 is 0 Å². The third kappa shape index (κ3) is 1.99. The second-order valence-corrected chi connectivity index (χ2v) is 5.48. The fraction of sp³-hybridized carbons (Fsp3) is 0.364. The molecule has 1 atom stereocenters. The van der Waals surface area contributed by atoms with Gasteiger partial charge in [-0.25, -0.2) is 0 Å². The van der Waals surface area contributed by atoms with E-state index in [1.165, 1.54) is 0 Å².